The van der Waals surface area contributed by atoms with E-state index in [0.29, 0.717) is 22.3 Å². The highest BCUT2D eigenvalue weighted by Crippen LogP contribution is 2.39. The van der Waals surface area contributed by atoms with Crippen LogP contribution in [0.25, 0.3) is 55.3 Å². The van der Waals surface area contributed by atoms with Crippen LogP contribution < -0.4 is 0 Å². The van der Waals surface area contributed by atoms with Crippen molar-refractivity contribution in [2.24, 2.45) is 5.41 Å². The molecule has 0 atom stereocenters. The molecule has 1 heterocycles. The van der Waals surface area contributed by atoms with Crippen LogP contribution in [0.3, 0.4) is 0 Å². The van der Waals surface area contributed by atoms with Crippen molar-refractivity contribution >= 4 is 21.9 Å². The van der Waals surface area contributed by atoms with E-state index in [1.807, 2.05) is 66.7 Å². The van der Waals surface area contributed by atoms with Crippen molar-refractivity contribution in [2.45, 2.75) is 40.8 Å². The Morgan fingerprint density at radius 2 is 1.50 bits per heavy atom. The lowest BCUT2D eigenvalue weighted by atomic mass is 9.86. The third-order valence-corrected chi connectivity index (χ3v) is 6.67. The first-order valence-electron chi connectivity index (χ1n) is 17.2. The quantitative estimate of drug-likeness (QED) is 0.233. The Morgan fingerprint density at radius 1 is 0.684 bits per heavy atom. The molecule has 38 heavy (non-hydrogen) atoms. The van der Waals surface area contributed by atoms with Gasteiger partial charge in [-0.1, -0.05) is 106 Å². The van der Waals surface area contributed by atoms with Crippen LogP contribution in [-0.4, -0.2) is 0 Å². The van der Waals surface area contributed by atoms with E-state index >= 15 is 0 Å². The summed E-state index contributed by atoms with van der Waals surface area (Å²) in [7, 11) is 0. The molecule has 0 saturated heterocycles. The van der Waals surface area contributed by atoms with Crippen molar-refractivity contribution in [2.75, 3.05) is 0 Å². The highest BCUT2D eigenvalue weighted by atomic mass is 16.3. The van der Waals surface area contributed by atoms with Gasteiger partial charge in [0.05, 0.1) is 1.37 Å². The maximum absolute atomic E-state index is 9.01. The molecule has 1 heteroatoms. The van der Waals surface area contributed by atoms with Gasteiger partial charge >= 0.3 is 0 Å². The predicted octanol–water partition coefficient (Wildman–Crippen LogP) is 10.8. The smallest absolute Gasteiger partial charge is 0.143 e. The van der Waals surface area contributed by atoms with Crippen molar-refractivity contribution in [1.29, 1.82) is 0 Å². The first-order chi connectivity index (χ1) is 21.9. The summed E-state index contributed by atoms with van der Waals surface area (Å²) in [6.45, 7) is -0.263. The van der Waals surface area contributed by atoms with Crippen LogP contribution >= 0.6 is 0 Å². The molecule has 1 nitrogen and oxygen atoms in total. The molecule has 0 aliphatic heterocycles. The number of aryl methyl sites for hydroxylation is 2. The number of hydrogen-bond donors (Lipinski definition) is 0. The van der Waals surface area contributed by atoms with Gasteiger partial charge in [0, 0.05) is 27.3 Å². The first-order valence-corrected chi connectivity index (χ1v) is 12.7. The summed E-state index contributed by atoms with van der Waals surface area (Å²) in [6.07, 6.45) is -1.96. The first kappa shape index (κ1) is 16.0. The lowest BCUT2D eigenvalue weighted by Crippen LogP contribution is -2.09. The van der Waals surface area contributed by atoms with Gasteiger partial charge in [-0.05, 0) is 88.2 Å². The molecule has 6 rings (SSSR count). The molecule has 1 aromatic heterocycles. The third kappa shape index (κ3) is 4.54. The molecule has 0 saturated carbocycles. The summed E-state index contributed by atoms with van der Waals surface area (Å²) in [6, 6.07) is 28.8. The fourth-order valence-electron chi connectivity index (χ4n) is 4.98. The van der Waals surface area contributed by atoms with Crippen LogP contribution in [0.4, 0.5) is 0 Å². The van der Waals surface area contributed by atoms with Gasteiger partial charge < -0.3 is 4.42 Å². The molecule has 6 aromatic rings. The number of benzene rings is 5. The van der Waals surface area contributed by atoms with Gasteiger partial charge in [0.25, 0.3) is 0 Å². The predicted molar refractivity (Wildman–Crippen MR) is 163 cm³/mol. The Morgan fingerprint density at radius 3 is 2.29 bits per heavy atom. The summed E-state index contributed by atoms with van der Waals surface area (Å²) >= 11 is 0. The zero-order chi connectivity index (χ0) is 34.1. The molecule has 0 unspecified atom stereocenters. The summed E-state index contributed by atoms with van der Waals surface area (Å²) in [5.41, 5.74) is 3.42. The van der Waals surface area contributed by atoms with Crippen molar-refractivity contribution in [3.63, 3.8) is 0 Å². The van der Waals surface area contributed by atoms with Gasteiger partial charge in [0.1, 0.15) is 11.2 Å². The largest absolute Gasteiger partial charge is 0.455 e. The minimum atomic E-state index is -2.76. The molecule has 0 amide bonds. The normalized spacial score (nSPS) is 16.4. The number of fused-ring (bicyclic) bond motifs is 3. The maximum atomic E-state index is 9.01. The number of furan rings is 1. The zero-order valence-corrected chi connectivity index (χ0v) is 21.6. The highest BCUT2D eigenvalue weighted by molar-refractivity contribution is 6.10. The summed E-state index contributed by atoms with van der Waals surface area (Å²) in [4.78, 5) is 0. The average molecular weight is 504 g/mol. The van der Waals surface area contributed by atoms with Crippen molar-refractivity contribution in [3.05, 3.63) is 120 Å². The van der Waals surface area contributed by atoms with Crippen molar-refractivity contribution < 1.29 is 16.8 Å². The summed E-state index contributed by atoms with van der Waals surface area (Å²) in [5.74, 6) is 0. The van der Waals surface area contributed by atoms with Gasteiger partial charge in [-0.3, -0.25) is 0 Å². The van der Waals surface area contributed by atoms with Crippen LogP contribution in [0.2, 0.25) is 0 Å². The van der Waals surface area contributed by atoms with E-state index in [2.05, 4.69) is 0 Å². The van der Waals surface area contributed by atoms with E-state index in [4.69, 9.17) is 16.8 Å². The molecule has 0 bridgehead atoms. The molecule has 0 fully saturated rings. The minimum absolute atomic E-state index is 0.0541. The molecule has 0 spiro atoms. The van der Waals surface area contributed by atoms with Gasteiger partial charge in [-0.2, -0.15) is 0 Å². The van der Waals surface area contributed by atoms with E-state index in [1.165, 1.54) is 18.2 Å². The Hall–Kier alpha value is -4.10. The van der Waals surface area contributed by atoms with E-state index in [1.54, 1.807) is 32.9 Å². The van der Waals surface area contributed by atoms with Crippen LogP contribution in [0.5, 0.6) is 0 Å². The van der Waals surface area contributed by atoms with Crippen LogP contribution in [0.1, 0.15) is 49.8 Å². The second-order valence-corrected chi connectivity index (χ2v) is 10.7. The molecule has 0 radical (unpaired) electrons. The van der Waals surface area contributed by atoms with Crippen molar-refractivity contribution in [3.8, 4) is 33.4 Å². The Bertz CT molecular complexity index is 2130. The van der Waals surface area contributed by atoms with E-state index in [-0.39, 0.29) is 33.9 Å². The molecule has 188 valence electrons. The zero-order valence-electron chi connectivity index (χ0n) is 30.6. The number of hydrogen-bond acceptors (Lipinski definition) is 1. The van der Waals surface area contributed by atoms with Crippen LogP contribution in [0.15, 0.2) is 108 Å². The SMILES string of the molecule is [2H]c1cc(C([2H])([2H])C(C)(C)C)cc(C([2H])([2H])[2H])c1-c1cc(-c2cccc3c2oc2cc(-c4ccccc4)ccc23)ccc1C([2H])([2H])[2H]. The number of para-hydroxylation sites is 1. The molecular formula is C37H34O. The van der Waals surface area contributed by atoms with E-state index in [0.717, 1.165) is 21.9 Å². The standard InChI is InChI=1S/C37H34O/c1-24-14-16-29(21-34(24)30-18-15-26(20-25(30)2)23-37(3,4)5)31-12-9-13-33-32-19-17-28(22-35(32)38-36(31)33)27-10-7-6-8-11-27/h6-22H,23H2,1-5H3/i1D3,2D3,18D,23D2. The second kappa shape index (κ2) is 9.33. The van der Waals surface area contributed by atoms with E-state index in [9.17, 15) is 0 Å². The lowest BCUT2D eigenvalue weighted by Gasteiger charge is -2.19. The van der Waals surface area contributed by atoms with E-state index < -0.39 is 25.5 Å². The minimum Gasteiger partial charge on any atom is -0.455 e. The Kier molecular flexibility index (Phi) is 3.93. The Balaban J connectivity index is 1.59. The van der Waals surface area contributed by atoms with Crippen LogP contribution in [0, 0.1) is 19.1 Å². The third-order valence-electron chi connectivity index (χ3n) is 6.67. The molecule has 0 aliphatic rings. The second-order valence-electron chi connectivity index (χ2n) is 10.7. The summed E-state index contributed by atoms with van der Waals surface area (Å²) in [5, 5.41) is 1.79. The fraction of sp³-hybridized carbons (Fsp3) is 0.189. The Labute approximate surface area is 238 Å². The number of rotatable bonds is 4. The fourth-order valence-corrected chi connectivity index (χ4v) is 4.98. The van der Waals surface area contributed by atoms with Gasteiger partial charge in [-0.15, -0.1) is 0 Å². The molecule has 0 aliphatic carbocycles. The van der Waals surface area contributed by atoms with Gasteiger partial charge in [0.15, 0.2) is 0 Å². The maximum Gasteiger partial charge on any atom is 0.143 e. The molecule has 0 N–H and O–H groups in total. The topological polar surface area (TPSA) is 13.1 Å². The molecule has 5 aromatic carbocycles. The summed E-state index contributed by atoms with van der Waals surface area (Å²) < 4.78 is 83.1. The average Bonchev–Trinajstić information content (AvgIpc) is 3.37. The van der Waals surface area contributed by atoms with Crippen LogP contribution in [-0.2, 0) is 6.37 Å². The monoisotopic (exact) mass is 503 g/mol. The van der Waals surface area contributed by atoms with Crippen molar-refractivity contribution in [1.82, 2.24) is 0 Å². The van der Waals surface area contributed by atoms with Gasteiger partial charge in [-0.25, -0.2) is 0 Å². The van der Waals surface area contributed by atoms with Gasteiger partial charge in [0.2, 0.25) is 0 Å². The highest BCUT2D eigenvalue weighted by Gasteiger charge is 2.16. The lowest BCUT2D eigenvalue weighted by molar-refractivity contribution is 0.411. The molecular weight excluding hydrogens is 460 g/mol.